The van der Waals surface area contributed by atoms with Gasteiger partial charge >= 0.3 is 5.97 Å². The minimum atomic E-state index is -1.89. The predicted octanol–water partition coefficient (Wildman–Crippen LogP) is -0.0549. The van der Waals surface area contributed by atoms with Crippen molar-refractivity contribution in [3.8, 4) is 5.75 Å². The molecule has 1 aromatic carbocycles. The number of halogens is 2. The highest BCUT2D eigenvalue weighted by Crippen LogP contribution is 2.34. The van der Waals surface area contributed by atoms with E-state index < -0.39 is 42.8 Å². The zero-order chi connectivity index (χ0) is 20.7. The lowest BCUT2D eigenvalue weighted by molar-refractivity contribution is -0.129. The number of aldehydes is 1. The van der Waals surface area contributed by atoms with Crippen molar-refractivity contribution in [2.75, 3.05) is 13.7 Å². The third-order valence-corrected chi connectivity index (χ3v) is 4.09. The van der Waals surface area contributed by atoms with E-state index >= 15 is 0 Å². The number of esters is 1. The highest BCUT2D eigenvalue weighted by atomic mass is 35.5. The van der Waals surface area contributed by atoms with Crippen LogP contribution in [0.2, 0.25) is 10.0 Å². The molecular weight excluding hydrogens is 405 g/mol. The highest BCUT2D eigenvalue weighted by Gasteiger charge is 2.33. The van der Waals surface area contributed by atoms with Gasteiger partial charge in [0.1, 0.15) is 42.8 Å². The maximum Gasteiger partial charge on any atom is 0.343 e. The van der Waals surface area contributed by atoms with E-state index in [1.807, 2.05) is 0 Å². The Labute approximate surface area is 164 Å². The molecule has 9 nitrogen and oxygen atoms in total. The summed E-state index contributed by atoms with van der Waals surface area (Å²) in [5.41, 5.74) is -0.182. The number of ether oxygens (including phenoxy) is 2. The standard InChI is InChI=1S/C16H19Cl2NO8/c1-7(21)19-10(5-20)13(23)14(24)11(22)6-27-16(25)12-8(17)3-4-9(18)15(12)26-2/h3-5,10-11,13-14,22-24H,6H2,1-2H3,(H,19,21)/t10-,11-,13-,14-/m1/s1. The monoisotopic (exact) mass is 423 g/mol. The normalized spacial score (nSPS) is 15.2. The summed E-state index contributed by atoms with van der Waals surface area (Å²) in [5, 5.41) is 31.9. The van der Waals surface area contributed by atoms with E-state index in [4.69, 9.17) is 32.7 Å². The van der Waals surface area contributed by atoms with Crippen LogP contribution in [0.15, 0.2) is 12.1 Å². The number of nitrogens with one attached hydrogen (secondary N) is 1. The average molecular weight is 424 g/mol. The number of aliphatic hydroxyl groups excluding tert-OH is 3. The van der Waals surface area contributed by atoms with Crippen LogP contribution in [0.4, 0.5) is 0 Å². The molecule has 0 aliphatic rings. The van der Waals surface area contributed by atoms with Crippen LogP contribution in [0.25, 0.3) is 0 Å². The molecule has 0 bridgehead atoms. The lowest BCUT2D eigenvalue weighted by Crippen LogP contribution is -2.53. The SMILES string of the molecule is COc1c(Cl)ccc(Cl)c1C(=O)OC[C@@H](O)[C@@H](O)[C@H](O)[C@@H](C=O)NC(C)=O. The molecule has 0 heterocycles. The molecule has 1 rings (SSSR count). The molecule has 0 unspecified atom stereocenters. The first-order chi connectivity index (χ1) is 12.6. The van der Waals surface area contributed by atoms with Gasteiger partial charge in [-0.1, -0.05) is 23.2 Å². The minimum Gasteiger partial charge on any atom is -0.494 e. The Morgan fingerprint density at radius 3 is 2.30 bits per heavy atom. The number of amides is 1. The van der Waals surface area contributed by atoms with Crippen LogP contribution in [-0.4, -0.2) is 71.6 Å². The summed E-state index contributed by atoms with van der Waals surface area (Å²) >= 11 is 11.9. The van der Waals surface area contributed by atoms with E-state index in [2.05, 4.69) is 5.32 Å². The summed E-state index contributed by atoms with van der Waals surface area (Å²) in [5.74, 6) is -1.65. The first-order valence-electron chi connectivity index (χ1n) is 7.59. The van der Waals surface area contributed by atoms with Crippen molar-refractivity contribution in [2.24, 2.45) is 0 Å². The molecule has 0 aromatic heterocycles. The zero-order valence-electron chi connectivity index (χ0n) is 14.4. The van der Waals surface area contributed by atoms with E-state index in [-0.39, 0.29) is 27.6 Å². The Hall–Kier alpha value is -1.91. The molecule has 0 spiro atoms. The van der Waals surface area contributed by atoms with Crippen LogP contribution in [0.1, 0.15) is 17.3 Å². The van der Waals surface area contributed by atoms with E-state index in [0.29, 0.717) is 0 Å². The van der Waals surface area contributed by atoms with E-state index in [9.17, 15) is 29.7 Å². The van der Waals surface area contributed by atoms with Gasteiger partial charge in [0.25, 0.3) is 0 Å². The lowest BCUT2D eigenvalue weighted by atomic mass is 10.0. The van der Waals surface area contributed by atoms with Crippen LogP contribution >= 0.6 is 23.2 Å². The number of methoxy groups -OCH3 is 1. The second-order valence-electron chi connectivity index (χ2n) is 5.45. The van der Waals surface area contributed by atoms with Crippen molar-refractivity contribution < 1.29 is 39.2 Å². The number of benzene rings is 1. The Balaban J connectivity index is 2.80. The van der Waals surface area contributed by atoms with Crippen molar-refractivity contribution in [3.05, 3.63) is 27.7 Å². The highest BCUT2D eigenvalue weighted by molar-refractivity contribution is 6.37. The van der Waals surface area contributed by atoms with Gasteiger partial charge in [0.05, 0.1) is 17.2 Å². The molecule has 11 heteroatoms. The number of rotatable bonds is 9. The van der Waals surface area contributed by atoms with Gasteiger partial charge in [0, 0.05) is 6.92 Å². The Morgan fingerprint density at radius 2 is 1.78 bits per heavy atom. The van der Waals surface area contributed by atoms with Crippen molar-refractivity contribution in [1.29, 1.82) is 0 Å². The predicted molar refractivity (Wildman–Crippen MR) is 95.0 cm³/mol. The number of hydrogen-bond donors (Lipinski definition) is 4. The molecule has 150 valence electrons. The first-order valence-corrected chi connectivity index (χ1v) is 8.35. The number of carbonyl (C=O) groups excluding carboxylic acids is 3. The van der Waals surface area contributed by atoms with Gasteiger partial charge < -0.3 is 34.9 Å². The van der Waals surface area contributed by atoms with Crippen LogP contribution in [0, 0.1) is 0 Å². The fraction of sp³-hybridized carbons (Fsp3) is 0.438. The molecule has 1 amide bonds. The molecule has 0 saturated carbocycles. The van der Waals surface area contributed by atoms with E-state index in [1.54, 1.807) is 0 Å². The third-order valence-electron chi connectivity index (χ3n) is 3.48. The zero-order valence-corrected chi connectivity index (χ0v) is 15.9. The van der Waals surface area contributed by atoms with Gasteiger partial charge in [0.2, 0.25) is 5.91 Å². The Kier molecular flexibility index (Phi) is 8.94. The van der Waals surface area contributed by atoms with Crippen LogP contribution in [0.5, 0.6) is 5.75 Å². The van der Waals surface area contributed by atoms with Gasteiger partial charge in [-0.15, -0.1) is 0 Å². The molecule has 0 aliphatic heterocycles. The van der Waals surface area contributed by atoms with Crippen LogP contribution < -0.4 is 10.1 Å². The van der Waals surface area contributed by atoms with Crippen LogP contribution in [0.3, 0.4) is 0 Å². The fourth-order valence-electron chi connectivity index (χ4n) is 2.13. The molecule has 0 fully saturated rings. The quantitative estimate of drug-likeness (QED) is 0.319. The second-order valence-corrected chi connectivity index (χ2v) is 6.26. The van der Waals surface area contributed by atoms with Crippen molar-refractivity contribution in [2.45, 2.75) is 31.3 Å². The Bertz CT molecular complexity index is 699. The smallest absolute Gasteiger partial charge is 0.343 e. The average Bonchev–Trinajstić information content (AvgIpc) is 2.63. The minimum absolute atomic E-state index is 0.0111. The molecule has 4 atom stereocenters. The van der Waals surface area contributed by atoms with E-state index in [1.165, 1.54) is 19.2 Å². The van der Waals surface area contributed by atoms with Gasteiger partial charge in [-0.25, -0.2) is 4.79 Å². The van der Waals surface area contributed by atoms with E-state index in [0.717, 1.165) is 6.92 Å². The first kappa shape index (κ1) is 23.1. The van der Waals surface area contributed by atoms with Crippen LogP contribution in [-0.2, 0) is 14.3 Å². The summed E-state index contributed by atoms with van der Waals surface area (Å²) in [6.45, 7) is 0.366. The van der Waals surface area contributed by atoms with Crippen molar-refractivity contribution >= 4 is 41.4 Å². The van der Waals surface area contributed by atoms with Gasteiger partial charge in [0.15, 0.2) is 5.75 Å². The number of aliphatic hydroxyl groups is 3. The summed E-state index contributed by atoms with van der Waals surface area (Å²) in [6.07, 6.45) is -5.28. The maximum absolute atomic E-state index is 12.2. The molecule has 1 aromatic rings. The summed E-state index contributed by atoms with van der Waals surface area (Å²) in [6, 6.07) is 1.31. The van der Waals surface area contributed by atoms with Crippen molar-refractivity contribution in [3.63, 3.8) is 0 Å². The largest absolute Gasteiger partial charge is 0.494 e. The third kappa shape index (κ3) is 6.05. The van der Waals surface area contributed by atoms with Crippen molar-refractivity contribution in [1.82, 2.24) is 5.32 Å². The molecule has 0 saturated heterocycles. The van der Waals surface area contributed by atoms with Gasteiger partial charge in [-0.05, 0) is 12.1 Å². The maximum atomic E-state index is 12.2. The topological polar surface area (TPSA) is 142 Å². The van der Waals surface area contributed by atoms with Gasteiger partial charge in [-0.3, -0.25) is 4.79 Å². The fourth-order valence-corrected chi connectivity index (χ4v) is 2.59. The summed E-state index contributed by atoms with van der Waals surface area (Å²) in [7, 11) is 1.27. The Morgan fingerprint density at radius 1 is 1.19 bits per heavy atom. The summed E-state index contributed by atoms with van der Waals surface area (Å²) in [4.78, 5) is 34.1. The molecule has 27 heavy (non-hydrogen) atoms. The van der Waals surface area contributed by atoms with Gasteiger partial charge in [-0.2, -0.15) is 0 Å². The molecule has 0 radical (unpaired) electrons. The summed E-state index contributed by atoms with van der Waals surface area (Å²) < 4.78 is 9.88. The molecular formula is C16H19Cl2NO8. The number of hydrogen-bond acceptors (Lipinski definition) is 8. The second kappa shape index (κ2) is 10.4. The number of carbonyl (C=O) groups is 3. The lowest BCUT2D eigenvalue weighted by Gasteiger charge is -2.26. The molecule has 4 N–H and O–H groups in total. The molecule has 0 aliphatic carbocycles.